The van der Waals surface area contributed by atoms with Gasteiger partial charge in [0, 0.05) is 37.6 Å². The highest BCUT2D eigenvalue weighted by molar-refractivity contribution is 7.94. The first-order chi connectivity index (χ1) is 15.9. The molecular formula is C22H30N6O4S. The van der Waals surface area contributed by atoms with Crippen LogP contribution in [0.4, 0.5) is 0 Å². The van der Waals surface area contributed by atoms with E-state index in [1.807, 2.05) is 41.0 Å². The SMILES string of the molecule is CNOOSc1ccc([C@@H](C)N2C(=O)[C@H]3CC2CN3C[C@H](N)C(=O)N2CCC[C@H]2C#N)cc1. The molecule has 3 N–H and O–H groups in total. The zero-order valence-corrected chi connectivity index (χ0v) is 19.7. The molecule has 10 nitrogen and oxygen atoms in total. The van der Waals surface area contributed by atoms with E-state index in [1.165, 1.54) is 0 Å². The number of piperazine rings is 1. The number of nitriles is 1. The number of hydrogen-bond acceptors (Lipinski definition) is 9. The normalized spacial score (nSPS) is 26.6. The standard InChI is InChI=1S/C22H30N6O4S/c1-14(15-5-7-18(8-6-15)33-32-31-25-2)28-17-10-20(22(28)30)26(12-17)13-19(24)21(29)27-9-3-4-16(27)11-23/h5-8,14,16-17,19-20,25H,3-4,9-10,12-13,24H2,1-2H3/t14-,16+,17?,19+,20-/m1/s1. The molecule has 11 heteroatoms. The summed E-state index contributed by atoms with van der Waals surface area (Å²) in [6.45, 7) is 3.65. The summed E-state index contributed by atoms with van der Waals surface area (Å²) in [6, 6.07) is 8.70. The van der Waals surface area contributed by atoms with Crippen LogP contribution in [0, 0.1) is 11.3 Å². The van der Waals surface area contributed by atoms with E-state index in [0.29, 0.717) is 26.1 Å². The first-order valence-corrected chi connectivity index (χ1v) is 12.0. The van der Waals surface area contributed by atoms with Crippen LogP contribution in [0.1, 0.15) is 37.8 Å². The minimum atomic E-state index is -0.726. The Morgan fingerprint density at radius 3 is 2.82 bits per heavy atom. The lowest BCUT2D eigenvalue weighted by atomic mass is 10.1. The molecule has 3 fully saturated rings. The molecule has 0 aromatic heterocycles. The Morgan fingerprint density at radius 2 is 2.15 bits per heavy atom. The second kappa shape index (κ2) is 10.4. The summed E-state index contributed by atoms with van der Waals surface area (Å²) in [5, 5.41) is 9.25. The number of rotatable bonds is 9. The maximum Gasteiger partial charge on any atom is 0.241 e. The van der Waals surface area contributed by atoms with Crippen molar-refractivity contribution in [2.24, 2.45) is 5.73 Å². The van der Waals surface area contributed by atoms with Crippen LogP contribution in [0.2, 0.25) is 0 Å². The van der Waals surface area contributed by atoms with E-state index in [0.717, 1.165) is 35.3 Å². The second-order valence-corrected chi connectivity index (χ2v) is 9.49. The molecule has 5 atom stereocenters. The van der Waals surface area contributed by atoms with Gasteiger partial charge < -0.3 is 15.5 Å². The van der Waals surface area contributed by atoms with E-state index < -0.39 is 6.04 Å². The molecule has 33 heavy (non-hydrogen) atoms. The van der Waals surface area contributed by atoms with Gasteiger partial charge in [0.25, 0.3) is 0 Å². The molecule has 2 amide bonds. The van der Waals surface area contributed by atoms with Gasteiger partial charge in [0.05, 0.1) is 36.2 Å². The number of hydrogen-bond donors (Lipinski definition) is 2. The second-order valence-electron chi connectivity index (χ2n) is 8.71. The molecule has 1 aromatic carbocycles. The van der Waals surface area contributed by atoms with E-state index >= 15 is 0 Å². The summed E-state index contributed by atoms with van der Waals surface area (Å²) in [6.07, 6.45) is 2.27. The van der Waals surface area contributed by atoms with Gasteiger partial charge in [-0.1, -0.05) is 12.1 Å². The largest absolute Gasteiger partial charge is 0.330 e. The number of benzene rings is 1. The van der Waals surface area contributed by atoms with Crippen molar-refractivity contribution in [3.05, 3.63) is 29.8 Å². The highest BCUT2D eigenvalue weighted by Crippen LogP contribution is 2.38. The van der Waals surface area contributed by atoms with Gasteiger partial charge in [-0.15, -0.1) is 9.32 Å². The van der Waals surface area contributed by atoms with Crippen LogP contribution in [-0.2, 0) is 18.9 Å². The lowest BCUT2D eigenvalue weighted by molar-refractivity contribution is -0.237. The van der Waals surface area contributed by atoms with Crippen LogP contribution >= 0.6 is 12.0 Å². The average Bonchev–Trinajstić information content (AvgIpc) is 3.53. The van der Waals surface area contributed by atoms with Crippen molar-refractivity contribution in [1.29, 1.82) is 5.26 Å². The molecule has 0 aliphatic carbocycles. The molecule has 3 saturated heterocycles. The monoisotopic (exact) mass is 474 g/mol. The number of likely N-dealkylation sites (tertiary alicyclic amines) is 3. The Bertz CT molecular complexity index is 909. The van der Waals surface area contributed by atoms with Crippen molar-refractivity contribution in [3.8, 4) is 6.07 Å². The van der Waals surface area contributed by atoms with E-state index in [2.05, 4.69) is 16.5 Å². The molecule has 3 aliphatic rings. The molecule has 4 rings (SSSR count). The third-order valence-electron chi connectivity index (χ3n) is 6.77. The van der Waals surface area contributed by atoms with E-state index in [1.54, 1.807) is 11.9 Å². The van der Waals surface area contributed by atoms with Crippen LogP contribution in [0.15, 0.2) is 29.2 Å². The van der Waals surface area contributed by atoms with Crippen LogP contribution in [-0.4, -0.2) is 77.4 Å². The third-order valence-corrected chi connectivity index (χ3v) is 7.38. The lowest BCUT2D eigenvalue weighted by Crippen LogP contribution is -2.56. The molecule has 3 heterocycles. The van der Waals surface area contributed by atoms with Gasteiger partial charge in [0.2, 0.25) is 11.8 Å². The summed E-state index contributed by atoms with van der Waals surface area (Å²) in [5.74, 6) is -0.111. The fraction of sp³-hybridized carbons (Fsp3) is 0.591. The minimum Gasteiger partial charge on any atom is -0.330 e. The number of hydroxylamine groups is 1. The van der Waals surface area contributed by atoms with Crippen molar-refractivity contribution in [2.45, 2.75) is 61.3 Å². The summed E-state index contributed by atoms with van der Waals surface area (Å²) < 4.78 is 4.91. The van der Waals surface area contributed by atoms with Crippen molar-refractivity contribution < 1.29 is 18.9 Å². The minimum absolute atomic E-state index is 0.0560. The molecule has 3 aliphatic heterocycles. The molecule has 178 valence electrons. The topological polar surface area (TPSA) is 124 Å². The molecule has 2 bridgehead atoms. The lowest BCUT2D eigenvalue weighted by Gasteiger charge is -2.38. The Balaban J connectivity index is 1.34. The van der Waals surface area contributed by atoms with Crippen LogP contribution in [0.3, 0.4) is 0 Å². The van der Waals surface area contributed by atoms with Gasteiger partial charge in [0.15, 0.2) is 0 Å². The van der Waals surface area contributed by atoms with E-state index in [9.17, 15) is 14.9 Å². The zero-order valence-electron chi connectivity index (χ0n) is 18.8. The zero-order chi connectivity index (χ0) is 23.5. The summed E-state index contributed by atoms with van der Waals surface area (Å²) in [4.78, 5) is 37.1. The molecule has 1 aromatic rings. The first-order valence-electron chi connectivity index (χ1n) is 11.2. The predicted octanol–water partition coefficient (Wildman–Crippen LogP) is 0.964. The fourth-order valence-electron chi connectivity index (χ4n) is 5.16. The number of nitrogens with two attached hydrogens (primary N) is 1. The Kier molecular flexibility index (Phi) is 7.53. The maximum atomic E-state index is 13.2. The Hall–Kier alpha value is -2.20. The quantitative estimate of drug-likeness (QED) is 0.233. The Morgan fingerprint density at radius 1 is 1.39 bits per heavy atom. The molecule has 0 spiro atoms. The van der Waals surface area contributed by atoms with Crippen LogP contribution in [0.5, 0.6) is 0 Å². The fourth-order valence-corrected chi connectivity index (χ4v) is 5.59. The van der Waals surface area contributed by atoms with Crippen molar-refractivity contribution in [3.63, 3.8) is 0 Å². The van der Waals surface area contributed by atoms with Crippen LogP contribution in [0.25, 0.3) is 0 Å². The highest BCUT2D eigenvalue weighted by Gasteiger charge is 2.51. The highest BCUT2D eigenvalue weighted by atomic mass is 32.2. The van der Waals surface area contributed by atoms with Gasteiger partial charge in [-0.2, -0.15) is 10.7 Å². The van der Waals surface area contributed by atoms with Crippen molar-refractivity contribution in [1.82, 2.24) is 20.2 Å². The smallest absolute Gasteiger partial charge is 0.241 e. The molecule has 0 saturated carbocycles. The molecular weight excluding hydrogens is 444 g/mol. The summed E-state index contributed by atoms with van der Waals surface area (Å²) in [7, 11) is 1.61. The molecule has 0 radical (unpaired) electrons. The first kappa shape index (κ1) is 23.9. The van der Waals surface area contributed by atoms with Crippen molar-refractivity contribution >= 4 is 23.9 Å². The van der Waals surface area contributed by atoms with Crippen molar-refractivity contribution in [2.75, 3.05) is 26.7 Å². The average molecular weight is 475 g/mol. The number of carbonyl (C=O) groups is 2. The maximum absolute atomic E-state index is 13.2. The van der Waals surface area contributed by atoms with Gasteiger partial charge in [-0.3, -0.25) is 14.5 Å². The number of amides is 2. The number of nitrogens with zero attached hydrogens (tertiary/aromatic N) is 4. The predicted molar refractivity (Wildman–Crippen MR) is 121 cm³/mol. The van der Waals surface area contributed by atoms with Gasteiger partial charge in [0.1, 0.15) is 6.04 Å². The van der Waals surface area contributed by atoms with E-state index in [-0.39, 0.29) is 36.0 Å². The van der Waals surface area contributed by atoms with Gasteiger partial charge in [-0.05, 0) is 43.9 Å². The summed E-state index contributed by atoms with van der Waals surface area (Å²) in [5.41, 5.74) is 9.70. The Labute approximate surface area is 198 Å². The molecule has 1 unspecified atom stereocenters. The number of nitrogens with one attached hydrogen (secondary N) is 1. The number of carbonyl (C=O) groups excluding carboxylic acids is 2. The summed E-state index contributed by atoms with van der Waals surface area (Å²) >= 11 is 1.10. The van der Waals surface area contributed by atoms with Gasteiger partial charge >= 0.3 is 0 Å². The van der Waals surface area contributed by atoms with E-state index in [4.69, 9.17) is 10.1 Å². The number of fused-ring (bicyclic) bond motifs is 2. The van der Waals surface area contributed by atoms with Crippen LogP contribution < -0.4 is 11.2 Å². The van der Waals surface area contributed by atoms with Gasteiger partial charge in [-0.25, -0.2) is 0 Å². The third kappa shape index (κ3) is 4.87.